The van der Waals surface area contributed by atoms with Gasteiger partial charge in [0, 0.05) is 23.5 Å². The van der Waals surface area contributed by atoms with Crippen LogP contribution in [0.1, 0.15) is 37.4 Å². The van der Waals surface area contributed by atoms with Gasteiger partial charge in [-0.2, -0.15) is 13.2 Å². The molecule has 0 aliphatic rings. The van der Waals surface area contributed by atoms with Crippen LogP contribution in [-0.4, -0.2) is 47.4 Å². The van der Waals surface area contributed by atoms with Crippen molar-refractivity contribution in [2.24, 2.45) is 0 Å². The zero-order valence-electron chi connectivity index (χ0n) is 24.3. The molecule has 0 saturated carbocycles. The molecule has 4 N–H and O–H groups in total. The molecular weight excluding hydrogens is 607 g/mol. The number of carbonyl (C=O) groups excluding carboxylic acids is 3. The molecule has 4 aromatic rings. The predicted octanol–water partition coefficient (Wildman–Crippen LogP) is 5.42. The lowest BCUT2D eigenvalue weighted by Crippen LogP contribution is -2.35. The molecule has 0 heterocycles. The molecule has 0 aromatic heterocycles. The zero-order chi connectivity index (χ0) is 33.4. The second-order valence-electron chi connectivity index (χ2n) is 10.0. The van der Waals surface area contributed by atoms with Gasteiger partial charge in [0.05, 0.1) is 24.7 Å². The Kier molecular flexibility index (Phi) is 10.3. The first-order chi connectivity index (χ1) is 21.8. The number of carboxylic acids is 1. The quantitative estimate of drug-likeness (QED) is 0.112. The Hall–Kier alpha value is -5.85. The van der Waals surface area contributed by atoms with Crippen molar-refractivity contribution in [1.29, 1.82) is 0 Å². The number of ether oxygens (including phenoxy) is 2. The van der Waals surface area contributed by atoms with Crippen LogP contribution < -0.4 is 20.5 Å². The van der Waals surface area contributed by atoms with E-state index in [1.165, 1.54) is 67.8 Å². The highest BCUT2D eigenvalue weighted by Gasteiger charge is 2.34. The van der Waals surface area contributed by atoms with Crippen LogP contribution in [0.25, 0.3) is 0 Å². The normalized spacial score (nSPS) is 11.0. The van der Waals surface area contributed by atoms with Crippen molar-refractivity contribution in [3.63, 3.8) is 0 Å². The van der Waals surface area contributed by atoms with E-state index in [2.05, 4.69) is 5.32 Å². The Bertz CT molecular complexity index is 1720. The third-order valence-corrected chi connectivity index (χ3v) is 6.66. The molecule has 0 spiro atoms. The summed E-state index contributed by atoms with van der Waals surface area (Å²) < 4.78 is 50.7. The van der Waals surface area contributed by atoms with Crippen molar-refractivity contribution < 1.29 is 46.9 Å². The number of esters is 1. The second-order valence-corrected chi connectivity index (χ2v) is 10.0. The highest BCUT2D eigenvalue weighted by molar-refractivity contribution is 5.97. The topological polar surface area (TPSA) is 148 Å². The third-order valence-electron chi connectivity index (χ3n) is 6.66. The number of anilines is 2. The van der Waals surface area contributed by atoms with Crippen molar-refractivity contribution in [2.45, 2.75) is 19.1 Å². The van der Waals surface area contributed by atoms with Crippen LogP contribution in [-0.2, 0) is 28.7 Å². The molecule has 0 aliphatic carbocycles. The molecule has 13 heteroatoms. The summed E-state index contributed by atoms with van der Waals surface area (Å²) in [5, 5.41) is 11.9. The van der Waals surface area contributed by atoms with E-state index in [-0.39, 0.29) is 34.9 Å². The number of hydrogen-bond donors (Lipinski definition) is 3. The van der Waals surface area contributed by atoms with Gasteiger partial charge in [-0.1, -0.05) is 18.2 Å². The van der Waals surface area contributed by atoms with Crippen LogP contribution in [0.2, 0.25) is 0 Å². The highest BCUT2D eigenvalue weighted by atomic mass is 19.4. The lowest BCUT2D eigenvalue weighted by molar-refractivity contribution is -0.139. The van der Waals surface area contributed by atoms with Crippen LogP contribution in [0.15, 0.2) is 91.0 Å². The smallest absolute Gasteiger partial charge is 0.416 e. The molecule has 4 aromatic carbocycles. The summed E-state index contributed by atoms with van der Waals surface area (Å²) in [6, 6.07) is 21.2. The maximum atomic E-state index is 13.5. The van der Waals surface area contributed by atoms with E-state index in [1.807, 2.05) is 0 Å². The average Bonchev–Trinajstić information content (AvgIpc) is 3.01. The molecule has 10 nitrogen and oxygen atoms in total. The summed E-state index contributed by atoms with van der Waals surface area (Å²) in [5.41, 5.74) is 6.09. The SMILES string of the molecule is COc1ccc(CC(=O)Nc2ccc(C(=O)N(CC(=O)O)Cc3ccc(OC(=O)c4ccc(N)cc4)cc3)cc2)c(C(F)(F)F)c1. The van der Waals surface area contributed by atoms with Gasteiger partial charge in [0.2, 0.25) is 5.91 Å². The summed E-state index contributed by atoms with van der Waals surface area (Å²) in [6.07, 6.45) is -5.26. The van der Waals surface area contributed by atoms with Crippen LogP contribution in [0.3, 0.4) is 0 Å². The van der Waals surface area contributed by atoms with Gasteiger partial charge in [-0.05, 0) is 83.9 Å². The maximum absolute atomic E-state index is 13.5. The summed E-state index contributed by atoms with van der Waals surface area (Å²) in [6.45, 7) is -0.701. The Morgan fingerprint density at radius 2 is 1.46 bits per heavy atom. The summed E-state index contributed by atoms with van der Waals surface area (Å²) in [7, 11) is 1.24. The molecule has 0 fully saturated rings. The van der Waals surface area contributed by atoms with Crippen molar-refractivity contribution >= 4 is 35.1 Å². The van der Waals surface area contributed by atoms with E-state index < -0.39 is 48.5 Å². The van der Waals surface area contributed by atoms with E-state index in [4.69, 9.17) is 15.2 Å². The molecule has 0 unspecified atom stereocenters. The molecule has 0 aliphatic heterocycles. The molecule has 0 atom stereocenters. The number of carboxylic acid groups (broad SMARTS) is 1. The number of benzene rings is 4. The maximum Gasteiger partial charge on any atom is 0.416 e. The minimum Gasteiger partial charge on any atom is -0.497 e. The number of aliphatic carboxylic acids is 1. The zero-order valence-corrected chi connectivity index (χ0v) is 24.3. The highest BCUT2D eigenvalue weighted by Crippen LogP contribution is 2.34. The number of rotatable bonds is 11. The van der Waals surface area contributed by atoms with Crippen LogP contribution >= 0.6 is 0 Å². The fraction of sp³-hybridized carbons (Fsp3) is 0.152. The molecule has 46 heavy (non-hydrogen) atoms. The Labute approximate surface area is 261 Å². The molecule has 238 valence electrons. The minimum absolute atomic E-state index is 0.00151. The number of nitrogens with one attached hydrogen (secondary N) is 1. The van der Waals surface area contributed by atoms with E-state index in [9.17, 15) is 37.5 Å². The number of nitrogens with zero attached hydrogens (tertiary/aromatic N) is 1. The molecule has 0 radical (unpaired) electrons. The standard InChI is InChI=1S/C33H28F3N3O7/c1-45-27-15-8-23(28(17-27)33(34,35)36)16-29(40)38-25-11-6-21(7-12-25)31(43)39(19-30(41)42)18-20-2-13-26(14-3-20)46-32(44)22-4-9-24(37)10-5-22/h2-15,17H,16,18-19,37H2,1H3,(H,38,40)(H,41,42). The van der Waals surface area contributed by atoms with Gasteiger partial charge in [0.25, 0.3) is 5.91 Å². The van der Waals surface area contributed by atoms with Crippen molar-refractivity contribution in [3.8, 4) is 11.5 Å². The second kappa shape index (κ2) is 14.3. The first-order valence-corrected chi connectivity index (χ1v) is 13.6. The van der Waals surface area contributed by atoms with Gasteiger partial charge in [0.1, 0.15) is 18.0 Å². The number of nitrogens with two attached hydrogens (primary N) is 1. The Morgan fingerprint density at radius 1 is 0.848 bits per heavy atom. The number of carbonyl (C=O) groups is 4. The largest absolute Gasteiger partial charge is 0.497 e. The number of hydrogen-bond acceptors (Lipinski definition) is 7. The Morgan fingerprint density at radius 3 is 2.04 bits per heavy atom. The fourth-order valence-corrected chi connectivity index (χ4v) is 4.39. The van der Waals surface area contributed by atoms with Gasteiger partial charge in [-0.15, -0.1) is 0 Å². The van der Waals surface area contributed by atoms with Gasteiger partial charge < -0.3 is 30.5 Å². The van der Waals surface area contributed by atoms with Crippen LogP contribution in [0, 0.1) is 0 Å². The van der Waals surface area contributed by atoms with E-state index in [0.29, 0.717) is 16.8 Å². The lowest BCUT2D eigenvalue weighted by atomic mass is 10.0. The first-order valence-electron chi connectivity index (χ1n) is 13.6. The number of halogens is 3. The monoisotopic (exact) mass is 635 g/mol. The average molecular weight is 636 g/mol. The molecule has 0 saturated heterocycles. The molecule has 4 rings (SSSR count). The summed E-state index contributed by atoms with van der Waals surface area (Å²) >= 11 is 0. The van der Waals surface area contributed by atoms with Crippen LogP contribution in [0.5, 0.6) is 11.5 Å². The van der Waals surface area contributed by atoms with Gasteiger partial charge in [-0.25, -0.2) is 4.79 Å². The molecule has 2 amide bonds. The third kappa shape index (κ3) is 8.85. The van der Waals surface area contributed by atoms with E-state index in [1.54, 1.807) is 24.3 Å². The van der Waals surface area contributed by atoms with Crippen molar-refractivity contribution in [1.82, 2.24) is 4.90 Å². The van der Waals surface area contributed by atoms with E-state index in [0.717, 1.165) is 11.0 Å². The van der Waals surface area contributed by atoms with Gasteiger partial charge in [0.15, 0.2) is 0 Å². The fourth-order valence-electron chi connectivity index (χ4n) is 4.39. The van der Waals surface area contributed by atoms with Crippen LogP contribution in [0.4, 0.5) is 24.5 Å². The van der Waals surface area contributed by atoms with Gasteiger partial charge in [-0.3, -0.25) is 14.4 Å². The number of nitrogen functional groups attached to an aromatic ring is 1. The van der Waals surface area contributed by atoms with Crippen molar-refractivity contribution in [2.75, 3.05) is 24.7 Å². The minimum atomic E-state index is -4.69. The van der Waals surface area contributed by atoms with E-state index >= 15 is 0 Å². The number of methoxy groups -OCH3 is 1. The lowest BCUT2D eigenvalue weighted by Gasteiger charge is -2.21. The van der Waals surface area contributed by atoms with Crippen molar-refractivity contribution in [3.05, 3.63) is 119 Å². The predicted molar refractivity (Wildman–Crippen MR) is 161 cm³/mol. The first kappa shape index (κ1) is 33.1. The summed E-state index contributed by atoms with van der Waals surface area (Å²) in [4.78, 5) is 50.7. The molecule has 0 bridgehead atoms. The van der Waals surface area contributed by atoms with Gasteiger partial charge >= 0.3 is 18.1 Å². The number of amides is 2. The Balaban J connectivity index is 1.40. The summed E-state index contributed by atoms with van der Waals surface area (Å²) in [5.74, 6) is -2.94. The molecular formula is C33H28F3N3O7. The number of alkyl halides is 3.